The zero-order chi connectivity index (χ0) is 33.8. The van der Waals surface area contributed by atoms with Crippen molar-refractivity contribution in [3.05, 3.63) is 188 Å². The standard InChI is InChI=1S/C47H52Si/c1-8-36-23-37(9-2)28-43(27-36)47(48-44-21-31(3)20-32(4)22-44)46-35(7)33(5)34(6)45(46)42-29-40(24-38-16-12-10-13-17-38)26-41(30-42)25-39-18-14-11-15-19-39/h10-23,26-30,46-47H,8-9,24-25,48H2,1-7H3. The van der Waals surface area contributed by atoms with Gasteiger partial charge in [-0.3, -0.25) is 0 Å². The van der Waals surface area contributed by atoms with Gasteiger partial charge in [0.05, 0.1) is 9.52 Å². The lowest BCUT2D eigenvalue weighted by Gasteiger charge is -2.30. The third-order valence-electron chi connectivity index (χ3n) is 10.7. The second kappa shape index (κ2) is 14.9. The highest BCUT2D eigenvalue weighted by Crippen LogP contribution is 2.49. The normalized spacial score (nSPS) is 15.6. The lowest BCUT2D eigenvalue weighted by molar-refractivity contribution is 0.741. The fourth-order valence-corrected chi connectivity index (χ4v) is 10.8. The van der Waals surface area contributed by atoms with Crippen LogP contribution in [-0.2, 0) is 25.7 Å². The number of hydrogen-bond acceptors (Lipinski definition) is 0. The molecular formula is C47H52Si. The molecule has 0 aliphatic heterocycles. The highest BCUT2D eigenvalue weighted by molar-refractivity contribution is 6.55. The Morgan fingerprint density at radius 1 is 0.521 bits per heavy atom. The topological polar surface area (TPSA) is 0 Å². The van der Waals surface area contributed by atoms with E-state index in [0.29, 0.717) is 11.5 Å². The van der Waals surface area contributed by atoms with Gasteiger partial charge < -0.3 is 0 Å². The second-order valence-electron chi connectivity index (χ2n) is 14.3. The molecule has 5 aromatic carbocycles. The SMILES string of the molecule is CCc1cc(CC)cc(C([SiH2]c2cc(C)cc(C)c2)C2C(C)=C(C)C(C)=C2c2cc(Cc3ccccc3)cc(Cc3ccccc3)c2)c1. The van der Waals surface area contributed by atoms with E-state index in [4.69, 9.17) is 0 Å². The van der Waals surface area contributed by atoms with Crippen molar-refractivity contribution in [3.63, 3.8) is 0 Å². The predicted octanol–water partition coefficient (Wildman–Crippen LogP) is 10.6. The zero-order valence-electron chi connectivity index (χ0n) is 30.2. The minimum atomic E-state index is -0.711. The summed E-state index contributed by atoms with van der Waals surface area (Å²) in [5, 5.41) is 1.58. The summed E-state index contributed by atoms with van der Waals surface area (Å²) < 4.78 is 0. The maximum Gasteiger partial charge on any atom is 0.0636 e. The van der Waals surface area contributed by atoms with Crippen LogP contribution in [0.1, 0.15) is 95.8 Å². The Labute approximate surface area is 292 Å². The first-order chi connectivity index (χ1) is 23.2. The third-order valence-corrected chi connectivity index (χ3v) is 12.9. The van der Waals surface area contributed by atoms with Crippen LogP contribution in [-0.4, -0.2) is 9.52 Å². The molecule has 2 unspecified atom stereocenters. The maximum atomic E-state index is 2.56. The Kier molecular flexibility index (Phi) is 10.5. The summed E-state index contributed by atoms with van der Waals surface area (Å²) in [4.78, 5) is 0. The zero-order valence-corrected chi connectivity index (χ0v) is 31.6. The van der Waals surface area contributed by atoms with Crippen molar-refractivity contribution in [1.82, 2.24) is 0 Å². The van der Waals surface area contributed by atoms with E-state index in [0.717, 1.165) is 25.7 Å². The molecule has 1 aliphatic rings. The molecule has 1 heteroatoms. The molecule has 0 N–H and O–H groups in total. The van der Waals surface area contributed by atoms with Crippen molar-refractivity contribution >= 4 is 20.3 Å². The van der Waals surface area contributed by atoms with Crippen LogP contribution in [0.3, 0.4) is 0 Å². The lowest BCUT2D eigenvalue weighted by atomic mass is 9.82. The first kappa shape index (κ1) is 33.7. The van der Waals surface area contributed by atoms with Gasteiger partial charge in [-0.05, 0) is 127 Å². The average molecular weight is 645 g/mol. The molecule has 0 fully saturated rings. The summed E-state index contributed by atoms with van der Waals surface area (Å²) in [5.74, 6) is 0.367. The highest BCUT2D eigenvalue weighted by atomic mass is 28.2. The maximum absolute atomic E-state index is 2.56. The summed E-state index contributed by atoms with van der Waals surface area (Å²) in [6.45, 7) is 16.3. The number of rotatable bonds is 11. The van der Waals surface area contributed by atoms with E-state index in [-0.39, 0.29) is 0 Å². The molecule has 1 aliphatic carbocycles. The number of benzene rings is 5. The molecule has 0 aromatic heterocycles. The second-order valence-corrected chi connectivity index (χ2v) is 16.4. The van der Waals surface area contributed by atoms with Gasteiger partial charge in [-0.25, -0.2) is 0 Å². The van der Waals surface area contributed by atoms with Crippen LogP contribution in [0.2, 0.25) is 0 Å². The first-order valence-corrected chi connectivity index (χ1v) is 19.5. The monoisotopic (exact) mass is 644 g/mol. The van der Waals surface area contributed by atoms with Crippen LogP contribution in [0.25, 0.3) is 5.57 Å². The fraction of sp³-hybridized carbons (Fsp3) is 0.277. The Balaban J connectivity index is 1.52. The highest BCUT2D eigenvalue weighted by Gasteiger charge is 2.36. The van der Waals surface area contributed by atoms with E-state index < -0.39 is 9.52 Å². The Bertz CT molecular complexity index is 1860. The molecule has 0 saturated carbocycles. The molecule has 48 heavy (non-hydrogen) atoms. The van der Waals surface area contributed by atoms with Crippen LogP contribution in [0.4, 0.5) is 0 Å². The molecule has 6 rings (SSSR count). The molecule has 5 aromatic rings. The fourth-order valence-electron chi connectivity index (χ4n) is 8.15. The third kappa shape index (κ3) is 7.58. The summed E-state index contributed by atoms with van der Waals surface area (Å²) in [5.41, 5.74) is 20.7. The van der Waals surface area contributed by atoms with Crippen molar-refractivity contribution in [2.75, 3.05) is 0 Å². The molecule has 0 saturated heterocycles. The van der Waals surface area contributed by atoms with E-state index in [1.807, 2.05) is 0 Å². The van der Waals surface area contributed by atoms with Crippen LogP contribution >= 0.6 is 0 Å². The van der Waals surface area contributed by atoms with Gasteiger partial charge in [0.25, 0.3) is 0 Å². The molecule has 0 bridgehead atoms. The van der Waals surface area contributed by atoms with E-state index in [2.05, 4.69) is 164 Å². The van der Waals surface area contributed by atoms with Gasteiger partial charge in [0.2, 0.25) is 0 Å². The molecule has 0 spiro atoms. The number of aryl methyl sites for hydroxylation is 4. The van der Waals surface area contributed by atoms with Crippen molar-refractivity contribution in [1.29, 1.82) is 0 Å². The van der Waals surface area contributed by atoms with Crippen molar-refractivity contribution in [2.45, 2.75) is 79.7 Å². The Morgan fingerprint density at radius 2 is 1.02 bits per heavy atom. The number of hydrogen-bond donors (Lipinski definition) is 0. The van der Waals surface area contributed by atoms with Crippen LogP contribution in [0.5, 0.6) is 0 Å². The van der Waals surface area contributed by atoms with Gasteiger partial charge in [0, 0.05) is 5.92 Å². The minimum Gasteiger partial charge on any atom is -0.0657 e. The van der Waals surface area contributed by atoms with E-state index in [9.17, 15) is 0 Å². The predicted molar refractivity (Wildman–Crippen MR) is 211 cm³/mol. The number of allylic oxidation sites excluding steroid dienone is 4. The summed E-state index contributed by atoms with van der Waals surface area (Å²) >= 11 is 0. The lowest BCUT2D eigenvalue weighted by Crippen LogP contribution is -2.29. The van der Waals surface area contributed by atoms with Gasteiger partial charge in [-0.1, -0.05) is 151 Å². The van der Waals surface area contributed by atoms with Gasteiger partial charge in [0.1, 0.15) is 0 Å². The molecule has 244 valence electrons. The van der Waals surface area contributed by atoms with Crippen LogP contribution in [0.15, 0.2) is 132 Å². The quantitative estimate of drug-likeness (QED) is 0.126. The Morgan fingerprint density at radius 3 is 1.52 bits per heavy atom. The molecule has 0 amide bonds. The molecule has 0 heterocycles. The van der Waals surface area contributed by atoms with E-state index in [1.54, 1.807) is 21.9 Å². The van der Waals surface area contributed by atoms with Crippen LogP contribution < -0.4 is 5.19 Å². The summed E-state index contributed by atoms with van der Waals surface area (Å²) in [7, 11) is -0.711. The van der Waals surface area contributed by atoms with E-state index in [1.165, 1.54) is 61.2 Å². The van der Waals surface area contributed by atoms with Gasteiger partial charge >= 0.3 is 0 Å². The molecule has 0 radical (unpaired) electrons. The van der Waals surface area contributed by atoms with Crippen LogP contribution in [0, 0.1) is 19.8 Å². The summed E-state index contributed by atoms with van der Waals surface area (Å²) in [6.07, 6.45) is 4.03. The van der Waals surface area contributed by atoms with E-state index >= 15 is 0 Å². The van der Waals surface area contributed by atoms with Gasteiger partial charge in [0.15, 0.2) is 0 Å². The largest absolute Gasteiger partial charge is 0.0657 e. The molecular weight excluding hydrogens is 593 g/mol. The molecule has 2 atom stereocenters. The Hall–Kier alpha value is -4.20. The summed E-state index contributed by atoms with van der Waals surface area (Å²) in [6, 6.07) is 44.3. The average Bonchev–Trinajstić information content (AvgIpc) is 3.30. The minimum absolute atomic E-state index is 0.367. The first-order valence-electron chi connectivity index (χ1n) is 18.0. The van der Waals surface area contributed by atoms with Gasteiger partial charge in [-0.15, -0.1) is 0 Å². The van der Waals surface area contributed by atoms with Crippen molar-refractivity contribution in [2.24, 2.45) is 5.92 Å². The van der Waals surface area contributed by atoms with Crippen molar-refractivity contribution in [3.8, 4) is 0 Å². The van der Waals surface area contributed by atoms with Crippen molar-refractivity contribution < 1.29 is 0 Å². The molecule has 0 nitrogen and oxygen atoms in total. The smallest absolute Gasteiger partial charge is 0.0636 e. The van der Waals surface area contributed by atoms with Gasteiger partial charge in [-0.2, -0.15) is 0 Å².